The van der Waals surface area contributed by atoms with Crippen LogP contribution < -0.4 is 5.32 Å². The summed E-state index contributed by atoms with van der Waals surface area (Å²) in [6.45, 7) is 3.09. The molecule has 1 aliphatic rings. The molecule has 1 N–H and O–H groups in total. The van der Waals surface area contributed by atoms with E-state index in [4.69, 9.17) is 4.42 Å². The van der Waals surface area contributed by atoms with Crippen molar-refractivity contribution in [2.45, 2.75) is 45.7 Å². The summed E-state index contributed by atoms with van der Waals surface area (Å²) in [5.74, 6) is 0.771. The highest BCUT2D eigenvalue weighted by atomic mass is 16.3. The Labute approximate surface area is 164 Å². The molecule has 0 fully saturated rings. The van der Waals surface area contributed by atoms with Crippen LogP contribution in [0.2, 0.25) is 0 Å². The van der Waals surface area contributed by atoms with Crippen LogP contribution in [0, 0.1) is 6.92 Å². The van der Waals surface area contributed by atoms with Gasteiger partial charge < -0.3 is 14.3 Å². The quantitative estimate of drug-likeness (QED) is 0.711. The molecule has 0 aliphatic heterocycles. The number of ketones is 1. The molecule has 1 aliphatic carbocycles. The number of furan rings is 1. The van der Waals surface area contributed by atoms with E-state index in [2.05, 4.69) is 22.0 Å². The molecule has 1 amide bonds. The fourth-order valence-corrected chi connectivity index (χ4v) is 4.00. The van der Waals surface area contributed by atoms with E-state index in [9.17, 15) is 9.59 Å². The van der Waals surface area contributed by atoms with Gasteiger partial charge in [-0.25, -0.2) is 0 Å². The summed E-state index contributed by atoms with van der Waals surface area (Å²) in [4.78, 5) is 25.2. The zero-order valence-corrected chi connectivity index (χ0v) is 16.0. The fourth-order valence-electron chi connectivity index (χ4n) is 4.00. The SMILES string of the molecule is Cc1c(CC(=O)NCc2ccco2)c2c(n1Cc1ccccc1)CCCC2=O. The van der Waals surface area contributed by atoms with Crippen LogP contribution in [-0.4, -0.2) is 16.3 Å². The van der Waals surface area contributed by atoms with E-state index in [0.717, 1.165) is 41.9 Å². The lowest BCUT2D eigenvalue weighted by molar-refractivity contribution is -0.120. The zero-order valence-electron chi connectivity index (χ0n) is 16.0. The fraction of sp³-hybridized carbons (Fsp3) is 0.304. The van der Waals surface area contributed by atoms with Gasteiger partial charge in [0.05, 0.1) is 19.2 Å². The zero-order chi connectivity index (χ0) is 19.5. The second kappa shape index (κ2) is 7.89. The molecule has 0 bridgehead atoms. The Morgan fingerprint density at radius 2 is 1.96 bits per heavy atom. The summed E-state index contributed by atoms with van der Waals surface area (Å²) in [7, 11) is 0. The van der Waals surface area contributed by atoms with Crippen LogP contribution >= 0.6 is 0 Å². The van der Waals surface area contributed by atoms with Crippen molar-refractivity contribution in [2.75, 3.05) is 0 Å². The number of nitrogens with one attached hydrogen (secondary N) is 1. The topological polar surface area (TPSA) is 64.2 Å². The first-order valence-electron chi connectivity index (χ1n) is 9.70. The molecule has 144 valence electrons. The van der Waals surface area contributed by atoms with E-state index >= 15 is 0 Å². The highest BCUT2D eigenvalue weighted by Gasteiger charge is 2.29. The van der Waals surface area contributed by atoms with Crippen LogP contribution in [0.4, 0.5) is 0 Å². The van der Waals surface area contributed by atoms with Crippen molar-refractivity contribution in [1.29, 1.82) is 0 Å². The van der Waals surface area contributed by atoms with Gasteiger partial charge in [-0.2, -0.15) is 0 Å². The van der Waals surface area contributed by atoms with Crippen molar-refractivity contribution < 1.29 is 14.0 Å². The lowest BCUT2D eigenvalue weighted by Gasteiger charge is -2.16. The van der Waals surface area contributed by atoms with Gasteiger partial charge in [-0.05, 0) is 43.0 Å². The first kappa shape index (κ1) is 18.3. The van der Waals surface area contributed by atoms with Gasteiger partial charge in [0.15, 0.2) is 5.78 Å². The minimum absolute atomic E-state index is 0.0995. The maximum absolute atomic E-state index is 12.7. The molecular formula is C23H24N2O3. The largest absolute Gasteiger partial charge is 0.467 e. The molecule has 5 heteroatoms. The van der Waals surface area contributed by atoms with Gasteiger partial charge >= 0.3 is 0 Å². The molecule has 28 heavy (non-hydrogen) atoms. The number of carbonyl (C=O) groups is 2. The van der Waals surface area contributed by atoms with Gasteiger partial charge in [-0.3, -0.25) is 9.59 Å². The Morgan fingerprint density at radius 3 is 2.71 bits per heavy atom. The lowest BCUT2D eigenvalue weighted by atomic mass is 9.92. The lowest BCUT2D eigenvalue weighted by Crippen LogP contribution is -2.25. The summed E-state index contributed by atoms with van der Waals surface area (Å²) < 4.78 is 7.48. The first-order valence-corrected chi connectivity index (χ1v) is 9.70. The molecule has 0 atom stereocenters. The van der Waals surface area contributed by atoms with Crippen molar-refractivity contribution in [3.63, 3.8) is 0 Å². The van der Waals surface area contributed by atoms with Crippen molar-refractivity contribution in [1.82, 2.24) is 9.88 Å². The molecule has 0 saturated carbocycles. The van der Waals surface area contributed by atoms with Crippen LogP contribution in [0.1, 0.15) is 51.5 Å². The first-order chi connectivity index (χ1) is 13.6. The minimum atomic E-state index is -0.0995. The second-order valence-electron chi connectivity index (χ2n) is 7.27. The summed E-state index contributed by atoms with van der Waals surface area (Å²) in [6.07, 6.45) is 4.10. The molecule has 2 aromatic heterocycles. The summed E-state index contributed by atoms with van der Waals surface area (Å²) in [6, 6.07) is 13.8. The molecule has 3 aromatic rings. The highest BCUT2D eigenvalue weighted by Crippen LogP contribution is 2.31. The molecule has 0 unspecified atom stereocenters. The van der Waals surface area contributed by atoms with Gasteiger partial charge in [0.2, 0.25) is 5.91 Å². The van der Waals surface area contributed by atoms with Gasteiger partial charge in [0.25, 0.3) is 0 Å². The number of fused-ring (bicyclic) bond motifs is 1. The summed E-state index contributed by atoms with van der Waals surface area (Å²) >= 11 is 0. The van der Waals surface area contributed by atoms with Crippen molar-refractivity contribution in [3.05, 3.63) is 82.6 Å². The maximum atomic E-state index is 12.7. The molecule has 2 heterocycles. The monoisotopic (exact) mass is 376 g/mol. The van der Waals surface area contributed by atoms with Crippen LogP contribution in [0.3, 0.4) is 0 Å². The predicted molar refractivity (Wildman–Crippen MR) is 106 cm³/mol. The van der Waals surface area contributed by atoms with E-state index < -0.39 is 0 Å². The summed E-state index contributed by atoms with van der Waals surface area (Å²) in [5.41, 5.74) is 4.92. The number of hydrogen-bond acceptors (Lipinski definition) is 3. The van der Waals surface area contributed by atoms with Crippen LogP contribution in [0.25, 0.3) is 0 Å². The van der Waals surface area contributed by atoms with Gasteiger partial charge in [-0.1, -0.05) is 30.3 Å². The molecule has 0 saturated heterocycles. The third-order valence-electron chi connectivity index (χ3n) is 5.41. The van der Waals surface area contributed by atoms with E-state index in [1.807, 2.05) is 31.2 Å². The van der Waals surface area contributed by atoms with E-state index in [-0.39, 0.29) is 18.1 Å². The maximum Gasteiger partial charge on any atom is 0.224 e. The molecular weight excluding hydrogens is 352 g/mol. The van der Waals surface area contributed by atoms with E-state index in [0.29, 0.717) is 18.7 Å². The number of Topliss-reactive ketones (excluding diaryl/α,β-unsaturated/α-hetero) is 1. The highest BCUT2D eigenvalue weighted by molar-refractivity contribution is 6.01. The Bertz CT molecular complexity index is 985. The molecule has 5 nitrogen and oxygen atoms in total. The van der Waals surface area contributed by atoms with Crippen LogP contribution in [0.5, 0.6) is 0 Å². The molecule has 0 radical (unpaired) electrons. The Balaban J connectivity index is 1.61. The standard InChI is InChI=1S/C23H24N2O3/c1-16-19(13-22(27)24-14-18-9-6-12-28-18)23-20(10-5-11-21(23)26)25(16)15-17-7-3-2-4-8-17/h2-4,6-9,12H,5,10-11,13-15H2,1H3,(H,24,27). The number of hydrogen-bond donors (Lipinski definition) is 1. The Morgan fingerprint density at radius 1 is 1.14 bits per heavy atom. The van der Waals surface area contributed by atoms with Crippen LogP contribution in [0.15, 0.2) is 53.1 Å². The number of carbonyl (C=O) groups excluding carboxylic acids is 2. The Hall–Kier alpha value is -3.08. The van der Waals surface area contributed by atoms with Gasteiger partial charge in [-0.15, -0.1) is 0 Å². The number of benzene rings is 1. The molecule has 0 spiro atoms. The predicted octanol–water partition coefficient (Wildman–Crippen LogP) is 3.82. The number of rotatable bonds is 6. The third-order valence-corrected chi connectivity index (χ3v) is 5.41. The van der Waals surface area contributed by atoms with Crippen molar-refractivity contribution >= 4 is 11.7 Å². The average molecular weight is 376 g/mol. The third kappa shape index (κ3) is 3.65. The number of amides is 1. The average Bonchev–Trinajstić information content (AvgIpc) is 3.31. The molecule has 4 rings (SSSR count). The number of nitrogens with zero attached hydrogens (tertiary/aromatic N) is 1. The van der Waals surface area contributed by atoms with Crippen LogP contribution in [-0.2, 0) is 30.7 Å². The second-order valence-corrected chi connectivity index (χ2v) is 7.27. The Kier molecular flexibility index (Phi) is 5.15. The summed E-state index contributed by atoms with van der Waals surface area (Å²) in [5, 5.41) is 2.89. The van der Waals surface area contributed by atoms with Crippen molar-refractivity contribution in [2.24, 2.45) is 0 Å². The molecule has 1 aromatic carbocycles. The van der Waals surface area contributed by atoms with Gasteiger partial charge in [0.1, 0.15) is 5.76 Å². The van der Waals surface area contributed by atoms with E-state index in [1.54, 1.807) is 12.3 Å². The normalized spacial score (nSPS) is 13.4. The van der Waals surface area contributed by atoms with Crippen molar-refractivity contribution in [3.8, 4) is 0 Å². The van der Waals surface area contributed by atoms with E-state index in [1.165, 1.54) is 5.56 Å². The minimum Gasteiger partial charge on any atom is -0.467 e. The van der Waals surface area contributed by atoms with Gasteiger partial charge in [0, 0.05) is 29.9 Å². The number of aromatic nitrogens is 1. The smallest absolute Gasteiger partial charge is 0.224 e.